The fraction of sp³-hybridized carbons (Fsp3) is 0.346. The van der Waals surface area contributed by atoms with Crippen LogP contribution in [0.15, 0.2) is 48.7 Å². The van der Waals surface area contributed by atoms with Gasteiger partial charge in [0.05, 0.1) is 22.6 Å². The number of carbonyl (C=O) groups is 1. The molecular weight excluding hydrogens is 498 g/mol. The molecule has 2 aromatic carbocycles. The number of halogens is 1. The predicted molar refractivity (Wildman–Crippen MR) is 139 cm³/mol. The summed E-state index contributed by atoms with van der Waals surface area (Å²) in [5.41, 5.74) is 3.29. The van der Waals surface area contributed by atoms with Crippen LogP contribution in [0.3, 0.4) is 0 Å². The zero-order chi connectivity index (χ0) is 25.7. The Kier molecular flexibility index (Phi) is 6.25. The summed E-state index contributed by atoms with van der Waals surface area (Å²) in [6.07, 6.45) is 3.30. The van der Waals surface area contributed by atoms with Crippen LogP contribution in [0.4, 0.5) is 0 Å². The molecule has 1 aliphatic carbocycles. The summed E-state index contributed by atoms with van der Waals surface area (Å²) >= 11 is 6.33. The van der Waals surface area contributed by atoms with Crippen molar-refractivity contribution in [3.63, 3.8) is 0 Å². The average Bonchev–Trinajstić information content (AvgIpc) is 3.69. The molecule has 36 heavy (non-hydrogen) atoms. The van der Waals surface area contributed by atoms with E-state index in [1.165, 1.54) is 22.7 Å². The molecule has 0 bridgehead atoms. The molecule has 2 aliphatic rings. The third kappa shape index (κ3) is 4.24. The molecule has 1 aliphatic heterocycles. The third-order valence-corrected chi connectivity index (χ3v) is 9.24. The molecule has 8 nitrogen and oxygen atoms in total. The van der Waals surface area contributed by atoms with Crippen LogP contribution in [0.1, 0.15) is 28.8 Å². The highest BCUT2D eigenvalue weighted by atomic mass is 35.5. The van der Waals surface area contributed by atoms with Crippen LogP contribution in [-0.4, -0.2) is 73.1 Å². The standard InChI is InChI=1S/C26H26ClN5O3S/c1-30(2)36(34,35)32-13-11-31(12-14-32)25(33)22-16-29-23-8-7-20(27)15-21(23)24(22)18-3-5-19(6-4-18)26(17-28)9-10-26/h3-8,15-16H,9-14H2,1-2H3. The number of hydrogen-bond acceptors (Lipinski definition) is 5. The first-order chi connectivity index (χ1) is 17.2. The summed E-state index contributed by atoms with van der Waals surface area (Å²) < 4.78 is 27.5. The highest BCUT2D eigenvalue weighted by Crippen LogP contribution is 2.48. The van der Waals surface area contributed by atoms with Crippen LogP contribution in [0.25, 0.3) is 22.0 Å². The molecule has 1 amide bonds. The van der Waals surface area contributed by atoms with Gasteiger partial charge in [-0.25, -0.2) is 0 Å². The van der Waals surface area contributed by atoms with Gasteiger partial charge in [0.2, 0.25) is 0 Å². The number of rotatable bonds is 5. The van der Waals surface area contributed by atoms with Crippen molar-refractivity contribution in [3.8, 4) is 17.2 Å². The molecule has 0 N–H and O–H groups in total. The van der Waals surface area contributed by atoms with Gasteiger partial charge in [-0.05, 0) is 42.2 Å². The molecule has 0 spiro atoms. The van der Waals surface area contributed by atoms with E-state index in [0.29, 0.717) is 16.1 Å². The molecule has 2 fully saturated rings. The Bertz CT molecular complexity index is 1490. The molecule has 1 saturated carbocycles. The Labute approximate surface area is 215 Å². The Morgan fingerprint density at radius 1 is 1.08 bits per heavy atom. The largest absolute Gasteiger partial charge is 0.336 e. The first kappa shape index (κ1) is 24.7. The summed E-state index contributed by atoms with van der Waals surface area (Å²) in [4.78, 5) is 19.9. The van der Waals surface area contributed by atoms with E-state index in [4.69, 9.17) is 11.6 Å². The van der Waals surface area contributed by atoms with Crippen molar-refractivity contribution in [1.29, 1.82) is 5.26 Å². The van der Waals surface area contributed by atoms with Crippen molar-refractivity contribution in [1.82, 2.24) is 18.5 Å². The number of aromatic nitrogens is 1. The number of carbonyl (C=O) groups excluding carboxylic acids is 1. The number of benzene rings is 2. The number of nitrogens with zero attached hydrogens (tertiary/aromatic N) is 5. The lowest BCUT2D eigenvalue weighted by atomic mass is 9.91. The Morgan fingerprint density at radius 3 is 2.33 bits per heavy atom. The molecule has 2 heterocycles. The number of amides is 1. The topological polar surface area (TPSA) is 97.6 Å². The summed E-state index contributed by atoms with van der Waals surface area (Å²) in [6, 6.07) is 15.6. The number of pyridine rings is 1. The maximum absolute atomic E-state index is 13.7. The molecule has 0 atom stereocenters. The van der Waals surface area contributed by atoms with Gasteiger partial charge < -0.3 is 4.90 Å². The van der Waals surface area contributed by atoms with Gasteiger partial charge in [0.25, 0.3) is 16.1 Å². The van der Waals surface area contributed by atoms with Crippen LogP contribution < -0.4 is 0 Å². The maximum atomic E-state index is 13.7. The highest BCUT2D eigenvalue weighted by molar-refractivity contribution is 7.86. The second-order valence-corrected chi connectivity index (χ2v) is 12.0. The fourth-order valence-corrected chi connectivity index (χ4v) is 5.97. The van der Waals surface area contributed by atoms with E-state index < -0.39 is 15.6 Å². The van der Waals surface area contributed by atoms with E-state index in [-0.39, 0.29) is 32.1 Å². The minimum absolute atomic E-state index is 0.207. The van der Waals surface area contributed by atoms with Crippen molar-refractivity contribution >= 4 is 38.6 Å². The molecule has 3 aromatic rings. The van der Waals surface area contributed by atoms with Gasteiger partial charge in [-0.15, -0.1) is 0 Å². The van der Waals surface area contributed by atoms with E-state index in [1.54, 1.807) is 17.2 Å². The smallest absolute Gasteiger partial charge is 0.281 e. The second kappa shape index (κ2) is 9.12. The molecular formula is C26H26ClN5O3S. The van der Waals surface area contributed by atoms with Gasteiger partial charge in [-0.3, -0.25) is 9.78 Å². The highest BCUT2D eigenvalue weighted by Gasteiger charge is 2.44. The number of piperazine rings is 1. The van der Waals surface area contributed by atoms with Gasteiger partial charge in [0.1, 0.15) is 0 Å². The summed E-state index contributed by atoms with van der Waals surface area (Å²) in [5.74, 6) is -0.207. The number of nitriles is 1. The number of hydrogen-bond donors (Lipinski definition) is 0. The monoisotopic (exact) mass is 523 g/mol. The van der Waals surface area contributed by atoms with E-state index in [1.807, 2.05) is 36.4 Å². The van der Waals surface area contributed by atoms with Crippen LogP contribution >= 0.6 is 11.6 Å². The van der Waals surface area contributed by atoms with E-state index in [9.17, 15) is 18.5 Å². The van der Waals surface area contributed by atoms with E-state index in [2.05, 4.69) is 11.1 Å². The zero-order valence-electron chi connectivity index (χ0n) is 20.1. The normalized spacial score (nSPS) is 17.8. The van der Waals surface area contributed by atoms with Gasteiger partial charge in [-0.1, -0.05) is 35.9 Å². The van der Waals surface area contributed by atoms with E-state index >= 15 is 0 Å². The molecule has 1 aromatic heterocycles. The molecule has 186 valence electrons. The summed E-state index contributed by atoms with van der Waals surface area (Å²) in [7, 11) is -0.537. The fourth-order valence-electron chi connectivity index (χ4n) is 4.71. The van der Waals surface area contributed by atoms with E-state index in [0.717, 1.165) is 34.9 Å². The lowest BCUT2D eigenvalue weighted by Crippen LogP contribution is -2.53. The van der Waals surface area contributed by atoms with Crippen molar-refractivity contribution in [2.75, 3.05) is 40.3 Å². The second-order valence-electron chi connectivity index (χ2n) is 9.46. The minimum Gasteiger partial charge on any atom is -0.336 e. The molecule has 5 rings (SSSR count). The Morgan fingerprint density at radius 2 is 1.75 bits per heavy atom. The van der Waals surface area contributed by atoms with Crippen molar-refractivity contribution in [2.45, 2.75) is 18.3 Å². The van der Waals surface area contributed by atoms with Crippen LogP contribution in [0.5, 0.6) is 0 Å². The van der Waals surface area contributed by atoms with Gasteiger partial charge >= 0.3 is 0 Å². The maximum Gasteiger partial charge on any atom is 0.281 e. The van der Waals surface area contributed by atoms with Crippen molar-refractivity contribution in [2.24, 2.45) is 0 Å². The number of fused-ring (bicyclic) bond motifs is 1. The molecule has 10 heteroatoms. The molecule has 1 saturated heterocycles. The summed E-state index contributed by atoms with van der Waals surface area (Å²) in [6.45, 7) is 1.00. The summed E-state index contributed by atoms with van der Waals surface area (Å²) in [5, 5.41) is 10.9. The third-order valence-electron chi connectivity index (χ3n) is 7.06. The van der Waals surface area contributed by atoms with Crippen molar-refractivity contribution in [3.05, 3.63) is 64.8 Å². The van der Waals surface area contributed by atoms with Crippen LogP contribution in [0, 0.1) is 11.3 Å². The average molecular weight is 524 g/mol. The first-order valence-corrected chi connectivity index (χ1v) is 13.5. The van der Waals surface area contributed by atoms with Crippen molar-refractivity contribution < 1.29 is 13.2 Å². The lowest BCUT2D eigenvalue weighted by molar-refractivity contribution is 0.0695. The Balaban J connectivity index is 1.52. The van der Waals surface area contributed by atoms with Crippen LogP contribution in [-0.2, 0) is 15.6 Å². The SMILES string of the molecule is CN(C)S(=O)(=O)N1CCN(C(=O)c2cnc3ccc(Cl)cc3c2-c2ccc(C3(C#N)CC3)cc2)CC1. The predicted octanol–water partition coefficient (Wildman–Crippen LogP) is 3.67. The molecule has 0 radical (unpaired) electrons. The zero-order valence-corrected chi connectivity index (χ0v) is 21.7. The minimum atomic E-state index is -3.53. The van der Waals surface area contributed by atoms with Crippen LogP contribution in [0.2, 0.25) is 5.02 Å². The van der Waals surface area contributed by atoms with Gasteiger partial charge in [0.15, 0.2) is 0 Å². The quantitative estimate of drug-likeness (QED) is 0.508. The Hall–Kier alpha value is -3.03. The van der Waals surface area contributed by atoms with Gasteiger partial charge in [-0.2, -0.15) is 22.3 Å². The van der Waals surface area contributed by atoms with Gasteiger partial charge in [0, 0.05) is 62.4 Å². The lowest BCUT2D eigenvalue weighted by Gasteiger charge is -2.35. The molecule has 0 unspecified atom stereocenters. The first-order valence-electron chi connectivity index (χ1n) is 11.7.